The van der Waals surface area contributed by atoms with E-state index in [0.29, 0.717) is 45.9 Å². The molecule has 2 heterocycles. The first-order chi connectivity index (χ1) is 8.59. The van der Waals surface area contributed by atoms with Crippen LogP contribution in [0.5, 0.6) is 0 Å². The lowest BCUT2D eigenvalue weighted by atomic mass is 10.2. The van der Waals surface area contributed by atoms with Crippen LogP contribution in [0, 0.1) is 0 Å². The normalized spacial score (nSPS) is 22.5. The quantitative estimate of drug-likeness (QED) is 0.502. The Hall–Kier alpha value is -1.40. The maximum atomic E-state index is 12.0. The summed E-state index contributed by atoms with van der Waals surface area (Å²) in [4.78, 5) is 25.5. The molecular weight excluding hydrogens is 234 g/mol. The lowest BCUT2D eigenvalue weighted by Gasteiger charge is -2.41. The van der Waals surface area contributed by atoms with Gasteiger partial charge in [0.05, 0.1) is 19.8 Å². The van der Waals surface area contributed by atoms with Crippen LogP contribution in [-0.4, -0.2) is 72.7 Å². The molecule has 18 heavy (non-hydrogen) atoms. The molecule has 2 aliphatic heterocycles. The Kier molecular flexibility index (Phi) is 3.98. The fourth-order valence-electron chi connectivity index (χ4n) is 2.21. The zero-order valence-electron chi connectivity index (χ0n) is 10.7. The summed E-state index contributed by atoms with van der Waals surface area (Å²) in [6.45, 7) is 9.74. The number of morpholine rings is 1. The fourth-order valence-corrected chi connectivity index (χ4v) is 2.21. The fraction of sp³-hybridized carbons (Fsp3) is 0.667. The summed E-state index contributed by atoms with van der Waals surface area (Å²) >= 11 is 0. The molecule has 0 aromatic heterocycles. The summed E-state index contributed by atoms with van der Waals surface area (Å²) in [7, 11) is 0. The smallest absolute Gasteiger partial charge is 0.326 e. The molecule has 100 valence electrons. The van der Waals surface area contributed by atoms with Crippen LogP contribution < -0.4 is 0 Å². The van der Waals surface area contributed by atoms with Gasteiger partial charge in [-0.1, -0.05) is 12.2 Å². The molecule has 6 nitrogen and oxygen atoms in total. The number of ether oxygens (including phenoxy) is 1. The molecule has 2 fully saturated rings. The highest BCUT2D eigenvalue weighted by molar-refractivity contribution is 6.35. The van der Waals surface area contributed by atoms with Crippen molar-refractivity contribution in [1.29, 1.82) is 0 Å². The van der Waals surface area contributed by atoms with E-state index in [1.807, 2.05) is 11.9 Å². The van der Waals surface area contributed by atoms with Crippen LogP contribution in [-0.2, 0) is 14.3 Å². The van der Waals surface area contributed by atoms with E-state index in [4.69, 9.17) is 4.74 Å². The minimum Gasteiger partial charge on any atom is -0.379 e. The Morgan fingerprint density at radius 1 is 1.17 bits per heavy atom. The van der Waals surface area contributed by atoms with Crippen LogP contribution in [0.25, 0.3) is 0 Å². The molecule has 0 saturated carbocycles. The summed E-state index contributed by atoms with van der Waals surface area (Å²) in [5.41, 5.74) is 0.885. The van der Waals surface area contributed by atoms with Gasteiger partial charge in [-0.05, 0) is 6.92 Å². The van der Waals surface area contributed by atoms with Crippen LogP contribution in [0.4, 0.5) is 0 Å². The van der Waals surface area contributed by atoms with Crippen molar-refractivity contribution in [2.45, 2.75) is 6.92 Å². The molecule has 0 bridgehead atoms. The molecule has 0 aromatic carbocycles. The second-order valence-electron chi connectivity index (χ2n) is 4.68. The summed E-state index contributed by atoms with van der Waals surface area (Å²) in [6.07, 6.45) is 0. The molecule has 2 amide bonds. The topological polar surface area (TPSA) is 53.1 Å². The van der Waals surface area contributed by atoms with E-state index in [1.165, 1.54) is 0 Å². The van der Waals surface area contributed by atoms with Crippen LogP contribution >= 0.6 is 0 Å². The van der Waals surface area contributed by atoms with E-state index in [-0.39, 0.29) is 0 Å². The molecule has 2 aliphatic rings. The summed E-state index contributed by atoms with van der Waals surface area (Å²) in [6, 6.07) is 0. The minimum absolute atomic E-state index is 0.434. The van der Waals surface area contributed by atoms with E-state index >= 15 is 0 Å². The summed E-state index contributed by atoms with van der Waals surface area (Å²) < 4.78 is 5.24. The number of carbonyl (C=O) groups excluding carboxylic acids is 2. The number of hydrogen-bond donors (Lipinski definition) is 0. The molecular formula is C12H19N3O3. The molecule has 2 saturated heterocycles. The highest BCUT2D eigenvalue weighted by atomic mass is 16.5. The lowest BCUT2D eigenvalue weighted by molar-refractivity contribution is -0.174. The third-order valence-electron chi connectivity index (χ3n) is 3.08. The van der Waals surface area contributed by atoms with Gasteiger partial charge in [0.2, 0.25) is 0 Å². The number of nitrogens with zero attached hydrogens (tertiary/aromatic N) is 3. The van der Waals surface area contributed by atoms with E-state index in [9.17, 15) is 9.59 Å². The largest absolute Gasteiger partial charge is 0.379 e. The van der Waals surface area contributed by atoms with Crippen molar-refractivity contribution in [3.8, 4) is 0 Å². The van der Waals surface area contributed by atoms with Crippen LogP contribution in [0.1, 0.15) is 6.92 Å². The zero-order chi connectivity index (χ0) is 13.1. The van der Waals surface area contributed by atoms with Gasteiger partial charge < -0.3 is 9.64 Å². The molecule has 6 heteroatoms. The van der Waals surface area contributed by atoms with E-state index in [2.05, 4.69) is 6.58 Å². The number of hydrogen-bond acceptors (Lipinski definition) is 4. The zero-order valence-corrected chi connectivity index (χ0v) is 10.7. The van der Waals surface area contributed by atoms with Crippen molar-refractivity contribution in [1.82, 2.24) is 14.9 Å². The molecule has 0 radical (unpaired) electrons. The maximum absolute atomic E-state index is 12.0. The molecule has 0 aromatic rings. The van der Waals surface area contributed by atoms with Gasteiger partial charge in [0.15, 0.2) is 0 Å². The third kappa shape index (κ3) is 2.70. The van der Waals surface area contributed by atoms with E-state index < -0.39 is 11.8 Å². The number of rotatable bonds is 3. The first-order valence-corrected chi connectivity index (χ1v) is 6.17. The van der Waals surface area contributed by atoms with Crippen molar-refractivity contribution in [2.75, 3.05) is 45.9 Å². The lowest BCUT2D eigenvalue weighted by Crippen LogP contribution is -2.61. The Balaban J connectivity index is 1.99. The maximum Gasteiger partial charge on any atom is 0.326 e. The third-order valence-corrected chi connectivity index (χ3v) is 3.08. The average molecular weight is 253 g/mol. The Labute approximate surface area is 107 Å². The second kappa shape index (κ2) is 5.49. The SMILES string of the molecule is C=C(C)CN1CCN(N2CCOCC2)C(=O)C1=O. The number of hydrazine groups is 1. The van der Waals surface area contributed by atoms with Crippen molar-refractivity contribution in [2.24, 2.45) is 0 Å². The van der Waals surface area contributed by atoms with Crippen LogP contribution in [0.3, 0.4) is 0 Å². The van der Waals surface area contributed by atoms with Gasteiger partial charge in [-0.25, -0.2) is 5.01 Å². The molecule has 2 rings (SSSR count). The van der Waals surface area contributed by atoms with Gasteiger partial charge in [-0.3, -0.25) is 14.6 Å². The first kappa shape index (κ1) is 13.0. The number of piperazine rings is 1. The highest BCUT2D eigenvalue weighted by Gasteiger charge is 2.35. The van der Waals surface area contributed by atoms with Gasteiger partial charge in [0, 0.05) is 26.2 Å². The Morgan fingerprint density at radius 2 is 1.83 bits per heavy atom. The van der Waals surface area contributed by atoms with E-state index in [1.54, 1.807) is 9.91 Å². The second-order valence-corrected chi connectivity index (χ2v) is 4.68. The Morgan fingerprint density at radius 3 is 2.44 bits per heavy atom. The van der Waals surface area contributed by atoms with Gasteiger partial charge in [0.1, 0.15) is 0 Å². The minimum atomic E-state index is -0.440. The molecule has 0 aliphatic carbocycles. The molecule has 0 unspecified atom stereocenters. The average Bonchev–Trinajstić information content (AvgIpc) is 2.36. The first-order valence-electron chi connectivity index (χ1n) is 6.17. The van der Waals surface area contributed by atoms with Gasteiger partial charge in [-0.2, -0.15) is 0 Å². The van der Waals surface area contributed by atoms with Gasteiger partial charge in [0.25, 0.3) is 0 Å². The Bertz CT molecular complexity index is 364. The van der Waals surface area contributed by atoms with Crippen molar-refractivity contribution >= 4 is 11.8 Å². The van der Waals surface area contributed by atoms with Gasteiger partial charge in [-0.15, -0.1) is 0 Å². The number of amides is 2. The van der Waals surface area contributed by atoms with Crippen LogP contribution in [0.15, 0.2) is 12.2 Å². The summed E-state index contributed by atoms with van der Waals surface area (Å²) in [5, 5.41) is 3.46. The van der Waals surface area contributed by atoms with Crippen LogP contribution in [0.2, 0.25) is 0 Å². The number of carbonyl (C=O) groups is 2. The molecule has 0 spiro atoms. The summed E-state index contributed by atoms with van der Waals surface area (Å²) in [5.74, 6) is -0.875. The van der Waals surface area contributed by atoms with Crippen molar-refractivity contribution in [3.63, 3.8) is 0 Å². The molecule has 0 N–H and O–H groups in total. The molecule has 0 atom stereocenters. The highest BCUT2D eigenvalue weighted by Crippen LogP contribution is 2.11. The standard InChI is InChI=1S/C12H19N3O3/c1-10(2)9-13-3-4-15(12(17)11(13)16)14-5-7-18-8-6-14/h1,3-9H2,2H3. The predicted molar refractivity (Wildman–Crippen MR) is 65.5 cm³/mol. The van der Waals surface area contributed by atoms with Gasteiger partial charge >= 0.3 is 11.8 Å². The monoisotopic (exact) mass is 253 g/mol. The predicted octanol–water partition coefficient (Wildman–Crippen LogP) is -0.519. The van der Waals surface area contributed by atoms with E-state index in [0.717, 1.165) is 5.57 Å². The van der Waals surface area contributed by atoms with Crippen molar-refractivity contribution in [3.05, 3.63) is 12.2 Å². The van der Waals surface area contributed by atoms with Crippen molar-refractivity contribution < 1.29 is 14.3 Å².